The molecule has 1 aliphatic rings. The summed E-state index contributed by atoms with van der Waals surface area (Å²) in [7, 11) is 0. The molecule has 4 nitrogen and oxygen atoms in total. The van der Waals surface area contributed by atoms with Crippen LogP contribution in [0.2, 0.25) is 0 Å². The van der Waals surface area contributed by atoms with Gasteiger partial charge in [-0.1, -0.05) is 18.2 Å². The van der Waals surface area contributed by atoms with E-state index >= 15 is 0 Å². The molecule has 1 unspecified atom stereocenters. The number of benzene rings is 2. The molecule has 6 heteroatoms. The van der Waals surface area contributed by atoms with Crippen molar-refractivity contribution in [3.05, 3.63) is 54.3 Å². The maximum absolute atomic E-state index is 13.5. The molecule has 1 heterocycles. The topological polar surface area (TPSA) is 50.4 Å². The standard InChI is InChI=1S/C18H19FN2O2.ClH/c19-13-8-9-17(23-15-6-2-1-3-7-15)16(11-13)21-18(22)12-14-5-4-10-20-14;/h1-3,6-9,11,14,20H,4-5,10,12H2,(H,21,22);1H. The van der Waals surface area contributed by atoms with Crippen molar-refractivity contribution in [3.63, 3.8) is 0 Å². The van der Waals surface area contributed by atoms with Gasteiger partial charge in [0.15, 0.2) is 5.75 Å². The molecule has 24 heavy (non-hydrogen) atoms. The van der Waals surface area contributed by atoms with E-state index in [1.165, 1.54) is 18.2 Å². The summed E-state index contributed by atoms with van der Waals surface area (Å²) in [6.45, 7) is 0.945. The van der Waals surface area contributed by atoms with Crippen molar-refractivity contribution in [1.29, 1.82) is 0 Å². The van der Waals surface area contributed by atoms with Crippen LogP contribution >= 0.6 is 12.4 Å². The van der Waals surface area contributed by atoms with Crippen molar-refractivity contribution in [2.75, 3.05) is 11.9 Å². The third kappa shape index (κ3) is 4.94. The monoisotopic (exact) mass is 350 g/mol. The Balaban J connectivity index is 0.00000208. The highest BCUT2D eigenvalue weighted by Gasteiger charge is 2.18. The van der Waals surface area contributed by atoms with Crippen LogP contribution in [-0.4, -0.2) is 18.5 Å². The summed E-state index contributed by atoms with van der Waals surface area (Å²) in [4.78, 5) is 12.2. The fourth-order valence-corrected chi connectivity index (χ4v) is 2.66. The van der Waals surface area contributed by atoms with Crippen molar-refractivity contribution in [2.24, 2.45) is 0 Å². The minimum Gasteiger partial charge on any atom is -0.455 e. The van der Waals surface area contributed by atoms with Gasteiger partial charge in [-0.05, 0) is 43.7 Å². The zero-order valence-electron chi connectivity index (χ0n) is 13.1. The molecule has 3 rings (SSSR count). The Hall–Kier alpha value is -2.11. The minimum atomic E-state index is -0.417. The molecule has 2 aromatic carbocycles. The maximum Gasteiger partial charge on any atom is 0.226 e. The van der Waals surface area contributed by atoms with Gasteiger partial charge in [0, 0.05) is 18.5 Å². The van der Waals surface area contributed by atoms with Crippen LogP contribution in [0.1, 0.15) is 19.3 Å². The quantitative estimate of drug-likeness (QED) is 0.852. The Labute approximate surface area is 146 Å². The average molecular weight is 351 g/mol. The lowest BCUT2D eigenvalue weighted by Gasteiger charge is -2.14. The number of carbonyl (C=O) groups excluding carboxylic acids is 1. The fourth-order valence-electron chi connectivity index (χ4n) is 2.66. The van der Waals surface area contributed by atoms with Crippen LogP contribution in [0.5, 0.6) is 11.5 Å². The van der Waals surface area contributed by atoms with Gasteiger partial charge in [-0.2, -0.15) is 0 Å². The number of halogens is 2. The van der Waals surface area contributed by atoms with Crippen molar-refractivity contribution < 1.29 is 13.9 Å². The average Bonchev–Trinajstić information content (AvgIpc) is 3.04. The zero-order chi connectivity index (χ0) is 16.1. The Bertz CT molecular complexity index is 676. The number of hydrogen-bond acceptors (Lipinski definition) is 3. The van der Waals surface area contributed by atoms with Gasteiger partial charge in [0.1, 0.15) is 11.6 Å². The normalized spacial score (nSPS) is 16.3. The fraction of sp³-hybridized carbons (Fsp3) is 0.278. The van der Waals surface area contributed by atoms with Crippen LogP contribution in [0.15, 0.2) is 48.5 Å². The van der Waals surface area contributed by atoms with Crippen LogP contribution in [0.3, 0.4) is 0 Å². The van der Waals surface area contributed by atoms with E-state index in [0.29, 0.717) is 23.6 Å². The number of para-hydroxylation sites is 1. The molecular formula is C18H20ClFN2O2. The number of amides is 1. The van der Waals surface area contributed by atoms with E-state index in [0.717, 1.165) is 19.4 Å². The van der Waals surface area contributed by atoms with E-state index in [1.54, 1.807) is 12.1 Å². The highest BCUT2D eigenvalue weighted by molar-refractivity contribution is 5.92. The molecule has 2 aromatic rings. The zero-order valence-corrected chi connectivity index (χ0v) is 13.9. The number of nitrogens with one attached hydrogen (secondary N) is 2. The van der Waals surface area contributed by atoms with Gasteiger partial charge in [0.25, 0.3) is 0 Å². The number of anilines is 1. The van der Waals surface area contributed by atoms with Crippen molar-refractivity contribution in [2.45, 2.75) is 25.3 Å². The first kappa shape index (κ1) is 18.2. The molecule has 0 aliphatic carbocycles. The molecule has 1 amide bonds. The van der Waals surface area contributed by atoms with Crippen LogP contribution in [-0.2, 0) is 4.79 Å². The molecule has 0 spiro atoms. The second-order valence-electron chi connectivity index (χ2n) is 5.60. The van der Waals surface area contributed by atoms with Crippen molar-refractivity contribution in [3.8, 4) is 11.5 Å². The summed E-state index contributed by atoms with van der Waals surface area (Å²) in [6.07, 6.45) is 2.45. The van der Waals surface area contributed by atoms with Crippen LogP contribution in [0.4, 0.5) is 10.1 Å². The van der Waals surface area contributed by atoms with Gasteiger partial charge in [-0.3, -0.25) is 4.79 Å². The van der Waals surface area contributed by atoms with E-state index < -0.39 is 5.82 Å². The summed E-state index contributed by atoms with van der Waals surface area (Å²) in [5, 5.41) is 6.03. The Morgan fingerprint density at radius 2 is 2.04 bits per heavy atom. The predicted molar refractivity (Wildman–Crippen MR) is 94.4 cm³/mol. The lowest BCUT2D eigenvalue weighted by Crippen LogP contribution is -2.27. The Kier molecular flexibility index (Phi) is 6.58. The Morgan fingerprint density at radius 3 is 2.75 bits per heavy atom. The van der Waals surface area contributed by atoms with Gasteiger partial charge in [-0.25, -0.2) is 4.39 Å². The predicted octanol–water partition coefficient (Wildman–Crippen LogP) is 4.12. The van der Waals surface area contributed by atoms with Crippen molar-refractivity contribution >= 4 is 24.0 Å². The Morgan fingerprint density at radius 1 is 1.25 bits per heavy atom. The first-order valence-corrected chi connectivity index (χ1v) is 7.76. The van der Waals surface area contributed by atoms with Gasteiger partial charge in [-0.15, -0.1) is 12.4 Å². The molecule has 0 bridgehead atoms. The largest absolute Gasteiger partial charge is 0.455 e. The molecule has 1 aliphatic heterocycles. The second kappa shape index (κ2) is 8.66. The second-order valence-corrected chi connectivity index (χ2v) is 5.60. The summed E-state index contributed by atoms with van der Waals surface area (Å²) >= 11 is 0. The van der Waals surface area contributed by atoms with E-state index in [4.69, 9.17) is 4.74 Å². The number of carbonyl (C=O) groups is 1. The lowest BCUT2D eigenvalue weighted by atomic mass is 10.1. The molecule has 128 valence electrons. The number of rotatable bonds is 5. The first-order valence-electron chi connectivity index (χ1n) is 7.76. The lowest BCUT2D eigenvalue weighted by molar-refractivity contribution is -0.116. The third-order valence-corrected chi connectivity index (χ3v) is 3.78. The van der Waals surface area contributed by atoms with Gasteiger partial charge in [0.2, 0.25) is 5.91 Å². The number of hydrogen-bond donors (Lipinski definition) is 2. The van der Waals surface area contributed by atoms with E-state index in [1.807, 2.05) is 18.2 Å². The SMILES string of the molecule is Cl.O=C(CC1CCCN1)Nc1cc(F)ccc1Oc1ccccc1. The van der Waals surface area contributed by atoms with E-state index in [9.17, 15) is 9.18 Å². The molecule has 0 aromatic heterocycles. The third-order valence-electron chi connectivity index (χ3n) is 3.78. The molecule has 1 fully saturated rings. The van der Waals surface area contributed by atoms with Crippen LogP contribution in [0, 0.1) is 5.82 Å². The molecular weight excluding hydrogens is 331 g/mol. The smallest absolute Gasteiger partial charge is 0.226 e. The van der Waals surface area contributed by atoms with Crippen LogP contribution in [0.25, 0.3) is 0 Å². The molecule has 1 atom stereocenters. The molecule has 1 saturated heterocycles. The van der Waals surface area contributed by atoms with Crippen molar-refractivity contribution in [1.82, 2.24) is 5.32 Å². The van der Waals surface area contributed by atoms with Gasteiger partial charge in [0.05, 0.1) is 5.69 Å². The van der Waals surface area contributed by atoms with Crippen LogP contribution < -0.4 is 15.4 Å². The molecule has 0 saturated carbocycles. The van der Waals surface area contributed by atoms with Gasteiger partial charge >= 0.3 is 0 Å². The van der Waals surface area contributed by atoms with Gasteiger partial charge < -0.3 is 15.4 Å². The van der Waals surface area contributed by atoms with E-state index in [2.05, 4.69) is 10.6 Å². The highest BCUT2D eigenvalue weighted by Crippen LogP contribution is 2.30. The summed E-state index contributed by atoms with van der Waals surface area (Å²) in [5.74, 6) is 0.491. The summed E-state index contributed by atoms with van der Waals surface area (Å²) in [6, 6.07) is 13.5. The highest BCUT2D eigenvalue weighted by atomic mass is 35.5. The minimum absolute atomic E-state index is 0. The summed E-state index contributed by atoms with van der Waals surface area (Å²) < 4.78 is 19.3. The molecule has 0 radical (unpaired) electrons. The number of ether oxygens (including phenoxy) is 1. The first-order chi connectivity index (χ1) is 11.2. The summed E-state index contributed by atoms with van der Waals surface area (Å²) in [5.41, 5.74) is 0.344. The van der Waals surface area contributed by atoms with E-state index in [-0.39, 0.29) is 24.4 Å². The molecule has 2 N–H and O–H groups in total. The maximum atomic E-state index is 13.5.